The van der Waals surface area contributed by atoms with Gasteiger partial charge < -0.3 is 9.64 Å². The number of aromatic amines is 1. The van der Waals surface area contributed by atoms with Crippen molar-refractivity contribution in [2.75, 3.05) is 33.3 Å². The Morgan fingerprint density at radius 1 is 1.35 bits per heavy atom. The molecule has 4 rings (SSSR count). The molecular weight excluding hydrogens is 330 g/mol. The topological polar surface area (TPSA) is 74.3 Å². The summed E-state index contributed by atoms with van der Waals surface area (Å²) in [4.78, 5) is 20.7. The Bertz CT molecular complexity index is 752. The van der Waals surface area contributed by atoms with E-state index in [9.17, 15) is 4.79 Å². The molecule has 1 spiro atoms. The lowest BCUT2D eigenvalue weighted by Gasteiger charge is -2.43. The van der Waals surface area contributed by atoms with Gasteiger partial charge in [-0.3, -0.25) is 19.8 Å². The molecule has 0 bridgehead atoms. The fourth-order valence-corrected chi connectivity index (χ4v) is 4.02. The summed E-state index contributed by atoms with van der Waals surface area (Å²) in [6.45, 7) is 3.34. The van der Waals surface area contributed by atoms with Crippen LogP contribution in [0.2, 0.25) is 0 Å². The van der Waals surface area contributed by atoms with Crippen molar-refractivity contribution in [1.29, 1.82) is 0 Å². The molecule has 2 aliphatic rings. The molecular formula is C19H25N5O2. The summed E-state index contributed by atoms with van der Waals surface area (Å²) in [5, 5.41) is 7.32. The minimum absolute atomic E-state index is 0.178. The van der Waals surface area contributed by atoms with E-state index in [1.165, 1.54) is 5.56 Å². The van der Waals surface area contributed by atoms with Crippen LogP contribution in [0.4, 0.5) is 0 Å². The van der Waals surface area contributed by atoms with E-state index in [2.05, 4.69) is 15.2 Å². The Morgan fingerprint density at radius 3 is 2.88 bits per heavy atom. The van der Waals surface area contributed by atoms with Gasteiger partial charge in [0.25, 0.3) is 0 Å². The Hall–Kier alpha value is -2.25. The number of nitrogens with zero attached hydrogens (tertiary/aromatic N) is 4. The van der Waals surface area contributed by atoms with Crippen LogP contribution in [0.5, 0.6) is 0 Å². The zero-order valence-corrected chi connectivity index (χ0v) is 15.1. The second kappa shape index (κ2) is 7.17. The van der Waals surface area contributed by atoms with Gasteiger partial charge in [0.1, 0.15) is 5.60 Å². The molecule has 26 heavy (non-hydrogen) atoms. The number of carbonyl (C=O) groups excluding carboxylic acids is 1. The zero-order valence-electron chi connectivity index (χ0n) is 15.1. The van der Waals surface area contributed by atoms with Crippen molar-refractivity contribution in [2.24, 2.45) is 0 Å². The maximum Gasteiger partial charge on any atom is 0.236 e. The summed E-state index contributed by atoms with van der Waals surface area (Å²) in [7, 11) is 1.98. The molecule has 0 unspecified atom stereocenters. The quantitative estimate of drug-likeness (QED) is 0.896. The standard InChI is InChI=1S/C19H25N5O2/c1-23(13-15-2-7-20-8-3-15)14-17(25)24-9-5-19(6-10-24)18-16(4-11-26-19)12-21-22-18/h2-3,7-8,12H,4-6,9-11,13-14H2,1H3,(H,21,22). The third kappa shape index (κ3) is 3.37. The second-order valence-electron chi connectivity index (χ2n) is 7.27. The van der Waals surface area contributed by atoms with Gasteiger partial charge in [0.15, 0.2) is 0 Å². The SMILES string of the molecule is CN(CC(=O)N1CCC2(CC1)OCCc1cn[nH]c12)Cc1ccncc1. The maximum atomic E-state index is 12.7. The molecule has 4 heterocycles. The number of H-pyrrole nitrogens is 1. The molecule has 2 aromatic heterocycles. The third-order valence-electron chi connectivity index (χ3n) is 5.45. The minimum Gasteiger partial charge on any atom is -0.368 e. The van der Waals surface area contributed by atoms with E-state index in [0.717, 1.165) is 56.8 Å². The number of amides is 1. The molecule has 0 atom stereocenters. The van der Waals surface area contributed by atoms with Crippen LogP contribution in [0.15, 0.2) is 30.7 Å². The van der Waals surface area contributed by atoms with Crippen molar-refractivity contribution in [2.45, 2.75) is 31.4 Å². The van der Waals surface area contributed by atoms with Crippen LogP contribution in [0.25, 0.3) is 0 Å². The van der Waals surface area contributed by atoms with Crippen molar-refractivity contribution >= 4 is 5.91 Å². The highest BCUT2D eigenvalue weighted by molar-refractivity contribution is 5.78. The van der Waals surface area contributed by atoms with E-state index >= 15 is 0 Å². The summed E-state index contributed by atoms with van der Waals surface area (Å²) >= 11 is 0. The van der Waals surface area contributed by atoms with Crippen LogP contribution < -0.4 is 0 Å². The normalized spacial score (nSPS) is 18.9. The first-order chi connectivity index (χ1) is 12.7. The van der Waals surface area contributed by atoms with Gasteiger partial charge in [-0.2, -0.15) is 5.10 Å². The summed E-state index contributed by atoms with van der Waals surface area (Å²) in [6.07, 6.45) is 8.02. The largest absolute Gasteiger partial charge is 0.368 e. The molecule has 1 saturated heterocycles. The molecule has 7 heteroatoms. The van der Waals surface area contributed by atoms with Crippen molar-refractivity contribution in [3.05, 3.63) is 47.5 Å². The molecule has 0 aliphatic carbocycles. The number of rotatable bonds is 4. The van der Waals surface area contributed by atoms with Crippen LogP contribution in [-0.4, -0.2) is 64.2 Å². The molecule has 0 saturated carbocycles. The average Bonchev–Trinajstić information content (AvgIpc) is 3.13. The predicted octanol–water partition coefficient (Wildman–Crippen LogP) is 1.33. The monoisotopic (exact) mass is 355 g/mol. The lowest BCUT2D eigenvalue weighted by atomic mass is 9.84. The average molecular weight is 355 g/mol. The smallest absolute Gasteiger partial charge is 0.236 e. The number of hydrogen-bond donors (Lipinski definition) is 1. The molecule has 2 aliphatic heterocycles. The Kier molecular flexibility index (Phi) is 4.74. The molecule has 1 N–H and O–H groups in total. The number of likely N-dealkylation sites (tertiary alicyclic amines) is 1. The zero-order chi connectivity index (χ0) is 18.0. The summed E-state index contributed by atoms with van der Waals surface area (Å²) < 4.78 is 6.15. The fourth-order valence-electron chi connectivity index (χ4n) is 4.02. The Morgan fingerprint density at radius 2 is 2.12 bits per heavy atom. The maximum absolute atomic E-state index is 12.7. The number of nitrogens with one attached hydrogen (secondary N) is 1. The van der Waals surface area contributed by atoms with E-state index < -0.39 is 0 Å². The first kappa shape index (κ1) is 17.2. The summed E-state index contributed by atoms with van der Waals surface area (Å²) in [5.41, 5.74) is 3.25. The summed E-state index contributed by atoms with van der Waals surface area (Å²) in [6, 6.07) is 3.96. The molecule has 1 amide bonds. The van der Waals surface area contributed by atoms with Crippen molar-refractivity contribution < 1.29 is 9.53 Å². The van der Waals surface area contributed by atoms with E-state index in [1.807, 2.05) is 35.2 Å². The predicted molar refractivity (Wildman–Crippen MR) is 96.3 cm³/mol. The van der Waals surface area contributed by atoms with Gasteiger partial charge in [-0.1, -0.05) is 0 Å². The number of pyridine rings is 1. The minimum atomic E-state index is -0.288. The van der Waals surface area contributed by atoms with Gasteiger partial charge in [0.05, 0.1) is 25.0 Å². The number of ether oxygens (including phenoxy) is 1. The third-order valence-corrected chi connectivity index (χ3v) is 5.45. The van der Waals surface area contributed by atoms with Gasteiger partial charge >= 0.3 is 0 Å². The molecule has 138 valence electrons. The first-order valence-corrected chi connectivity index (χ1v) is 9.18. The molecule has 1 fully saturated rings. The lowest BCUT2D eigenvalue weighted by molar-refractivity contribution is -0.142. The van der Waals surface area contributed by atoms with Crippen molar-refractivity contribution in [3.63, 3.8) is 0 Å². The van der Waals surface area contributed by atoms with Crippen LogP contribution in [-0.2, 0) is 28.1 Å². The van der Waals surface area contributed by atoms with E-state index in [-0.39, 0.29) is 11.5 Å². The number of fused-ring (bicyclic) bond motifs is 2. The molecule has 2 aromatic rings. The first-order valence-electron chi connectivity index (χ1n) is 9.18. The van der Waals surface area contributed by atoms with Crippen LogP contribution in [0, 0.1) is 0 Å². The molecule has 0 aromatic carbocycles. The second-order valence-corrected chi connectivity index (χ2v) is 7.27. The highest BCUT2D eigenvalue weighted by Crippen LogP contribution is 2.40. The van der Waals surface area contributed by atoms with E-state index in [1.54, 1.807) is 12.4 Å². The van der Waals surface area contributed by atoms with Crippen molar-refractivity contribution in [3.8, 4) is 0 Å². The van der Waals surface area contributed by atoms with Crippen LogP contribution >= 0.6 is 0 Å². The number of aromatic nitrogens is 3. The van der Waals surface area contributed by atoms with Crippen molar-refractivity contribution in [1.82, 2.24) is 25.0 Å². The number of carbonyl (C=O) groups is 1. The van der Waals surface area contributed by atoms with Crippen LogP contribution in [0.1, 0.15) is 29.7 Å². The number of likely N-dealkylation sites (N-methyl/N-ethyl adjacent to an activating group) is 1. The van der Waals surface area contributed by atoms with Gasteiger partial charge in [0.2, 0.25) is 5.91 Å². The van der Waals surface area contributed by atoms with E-state index in [0.29, 0.717) is 6.54 Å². The van der Waals surface area contributed by atoms with E-state index in [4.69, 9.17) is 4.74 Å². The Labute approximate surface area is 153 Å². The number of hydrogen-bond acceptors (Lipinski definition) is 5. The fraction of sp³-hybridized carbons (Fsp3) is 0.526. The number of piperidine rings is 1. The molecule has 0 radical (unpaired) electrons. The highest BCUT2D eigenvalue weighted by Gasteiger charge is 2.43. The van der Waals surface area contributed by atoms with Gasteiger partial charge in [-0.05, 0) is 49.6 Å². The van der Waals surface area contributed by atoms with Gasteiger partial charge in [-0.25, -0.2) is 0 Å². The molecule has 7 nitrogen and oxygen atoms in total. The lowest BCUT2D eigenvalue weighted by Crippen LogP contribution is -2.50. The highest BCUT2D eigenvalue weighted by atomic mass is 16.5. The van der Waals surface area contributed by atoms with Gasteiger partial charge in [-0.15, -0.1) is 0 Å². The van der Waals surface area contributed by atoms with Crippen LogP contribution in [0.3, 0.4) is 0 Å². The summed E-state index contributed by atoms with van der Waals surface area (Å²) in [5.74, 6) is 0.178. The Balaban J connectivity index is 1.33. The van der Waals surface area contributed by atoms with Gasteiger partial charge in [0, 0.05) is 32.0 Å².